The average molecular weight is 342 g/mol. The van der Waals surface area contributed by atoms with Crippen LogP contribution in [0.2, 0.25) is 0 Å². The van der Waals surface area contributed by atoms with Crippen LogP contribution >= 0.6 is 0 Å². The maximum Gasteiger partial charge on any atom is 0.328 e. The minimum absolute atomic E-state index is 0.558. The zero-order valence-electron chi connectivity index (χ0n) is 13.8. The first-order chi connectivity index (χ1) is 12.1. The molecule has 25 heavy (non-hydrogen) atoms. The minimum atomic E-state index is -1.26. The van der Waals surface area contributed by atoms with Crippen molar-refractivity contribution in [3.63, 3.8) is 0 Å². The molecule has 3 aliphatic rings. The van der Waals surface area contributed by atoms with Crippen molar-refractivity contribution in [2.24, 2.45) is 16.8 Å². The number of carboxylic acids is 2. The van der Waals surface area contributed by atoms with E-state index in [0.29, 0.717) is 18.2 Å². The summed E-state index contributed by atoms with van der Waals surface area (Å²) < 4.78 is 0. The monoisotopic (exact) mass is 342 g/mol. The summed E-state index contributed by atoms with van der Waals surface area (Å²) in [5.74, 6) is 0.229. The molecule has 1 aliphatic heterocycles. The maximum atomic E-state index is 9.55. The van der Waals surface area contributed by atoms with Crippen LogP contribution in [-0.4, -0.2) is 41.1 Å². The molecule has 3 N–H and O–H groups in total. The van der Waals surface area contributed by atoms with Crippen molar-refractivity contribution in [1.29, 1.82) is 0 Å². The Hall–Kier alpha value is -2.63. The van der Waals surface area contributed by atoms with Crippen molar-refractivity contribution < 1.29 is 19.8 Å². The van der Waals surface area contributed by atoms with Crippen molar-refractivity contribution in [3.8, 4) is 0 Å². The van der Waals surface area contributed by atoms with Crippen molar-refractivity contribution in [3.05, 3.63) is 47.5 Å². The Morgan fingerprint density at radius 2 is 1.92 bits per heavy atom. The third kappa shape index (κ3) is 4.26. The van der Waals surface area contributed by atoms with Crippen molar-refractivity contribution in [2.75, 3.05) is 6.54 Å². The first kappa shape index (κ1) is 17.2. The molecule has 0 aromatic heterocycles. The summed E-state index contributed by atoms with van der Waals surface area (Å²) >= 11 is 0. The predicted molar refractivity (Wildman–Crippen MR) is 93.8 cm³/mol. The van der Waals surface area contributed by atoms with E-state index in [0.717, 1.165) is 24.3 Å². The molecule has 6 nitrogen and oxygen atoms in total. The number of nitrogens with one attached hydrogen (secondary N) is 1. The zero-order valence-corrected chi connectivity index (χ0v) is 13.8. The zero-order chi connectivity index (χ0) is 17.8. The summed E-state index contributed by atoms with van der Waals surface area (Å²) in [5, 5.41) is 19.0. The quantitative estimate of drug-likeness (QED) is 0.728. The molecule has 1 saturated carbocycles. The second-order valence-corrected chi connectivity index (χ2v) is 6.69. The number of fused-ring (bicyclic) bond motifs is 3. The number of carbonyl (C=O) groups is 2. The lowest BCUT2D eigenvalue weighted by atomic mass is 9.92. The van der Waals surface area contributed by atoms with Gasteiger partial charge in [0.1, 0.15) is 0 Å². The number of rotatable bonds is 4. The van der Waals surface area contributed by atoms with Crippen molar-refractivity contribution in [1.82, 2.24) is 5.32 Å². The summed E-state index contributed by atoms with van der Waals surface area (Å²) in [5.41, 5.74) is 3.25. The average Bonchev–Trinajstić information content (AvgIpc) is 3.04. The number of hydrogen-bond acceptors (Lipinski definition) is 4. The van der Waals surface area contributed by atoms with E-state index in [1.165, 1.54) is 19.3 Å². The molecule has 1 heterocycles. The molecule has 2 aliphatic carbocycles. The Labute approximate surface area is 146 Å². The maximum absolute atomic E-state index is 9.55. The number of nitrogens with zero attached hydrogens (tertiary/aromatic N) is 1. The van der Waals surface area contributed by atoms with Gasteiger partial charge in [-0.15, -0.1) is 0 Å². The van der Waals surface area contributed by atoms with Crippen molar-refractivity contribution >= 4 is 18.3 Å². The molecule has 0 saturated heterocycles. The Morgan fingerprint density at radius 1 is 1.20 bits per heavy atom. The third-order valence-electron chi connectivity index (χ3n) is 5.15. The molecular formula is C19H22N2O4. The van der Waals surface area contributed by atoms with Gasteiger partial charge in [-0.25, -0.2) is 9.59 Å². The number of hydrogen-bond donors (Lipinski definition) is 3. The molecule has 1 fully saturated rings. The topological polar surface area (TPSA) is 99.0 Å². The number of benzene rings is 1. The Kier molecular flexibility index (Phi) is 5.16. The highest BCUT2D eigenvalue weighted by Gasteiger charge is 2.53. The molecular weight excluding hydrogens is 320 g/mol. The van der Waals surface area contributed by atoms with Gasteiger partial charge in [-0.1, -0.05) is 24.3 Å². The van der Waals surface area contributed by atoms with Crippen LogP contribution in [0.3, 0.4) is 0 Å². The third-order valence-corrected chi connectivity index (χ3v) is 5.15. The van der Waals surface area contributed by atoms with Gasteiger partial charge in [0.25, 0.3) is 0 Å². The smallest absolute Gasteiger partial charge is 0.328 e. The van der Waals surface area contributed by atoms with Crippen LogP contribution < -0.4 is 5.32 Å². The van der Waals surface area contributed by atoms with Crippen LogP contribution in [0.25, 0.3) is 0 Å². The molecule has 0 bridgehead atoms. The van der Waals surface area contributed by atoms with E-state index in [2.05, 4.69) is 34.6 Å². The molecule has 1 unspecified atom stereocenters. The highest BCUT2D eigenvalue weighted by atomic mass is 16.4. The molecule has 0 spiro atoms. The van der Waals surface area contributed by atoms with E-state index in [1.54, 1.807) is 11.1 Å². The Balaban J connectivity index is 0.000000197. The lowest BCUT2D eigenvalue weighted by Crippen LogP contribution is -2.25. The summed E-state index contributed by atoms with van der Waals surface area (Å²) in [7, 11) is 0. The van der Waals surface area contributed by atoms with E-state index in [-0.39, 0.29) is 0 Å². The van der Waals surface area contributed by atoms with Crippen molar-refractivity contribution in [2.45, 2.75) is 31.2 Å². The highest BCUT2D eigenvalue weighted by molar-refractivity contribution is 5.89. The van der Waals surface area contributed by atoms with Crippen LogP contribution in [0, 0.1) is 11.8 Å². The molecule has 0 radical (unpaired) electrons. The lowest BCUT2D eigenvalue weighted by molar-refractivity contribution is -0.134. The van der Waals surface area contributed by atoms with E-state index < -0.39 is 11.9 Å². The molecule has 0 amide bonds. The number of aliphatic imine (C=N–C) groups is 1. The van der Waals surface area contributed by atoms with Gasteiger partial charge in [0, 0.05) is 18.2 Å². The van der Waals surface area contributed by atoms with Crippen LogP contribution in [0.5, 0.6) is 0 Å². The van der Waals surface area contributed by atoms with Gasteiger partial charge in [-0.05, 0) is 48.1 Å². The molecule has 1 aromatic carbocycles. The van der Waals surface area contributed by atoms with Crippen LogP contribution in [-0.2, 0) is 16.0 Å². The molecule has 4 atom stereocenters. The second kappa shape index (κ2) is 7.51. The molecule has 6 heteroatoms. The van der Waals surface area contributed by atoms with E-state index in [4.69, 9.17) is 10.2 Å². The largest absolute Gasteiger partial charge is 0.478 e. The van der Waals surface area contributed by atoms with Gasteiger partial charge in [0.05, 0.1) is 12.9 Å². The first-order valence-corrected chi connectivity index (χ1v) is 8.52. The SMILES string of the molecule is C1=NC[C@H](CC2[C@H]3c4ccccc4CC[C@@H]23)N1.O=C(O)/C=C/C(=O)O. The summed E-state index contributed by atoms with van der Waals surface area (Å²) in [4.78, 5) is 23.4. The first-order valence-electron chi connectivity index (χ1n) is 8.52. The normalized spacial score (nSPS) is 28.3. The molecule has 4 rings (SSSR count). The fourth-order valence-electron chi connectivity index (χ4n) is 4.03. The van der Waals surface area contributed by atoms with Gasteiger partial charge >= 0.3 is 11.9 Å². The summed E-state index contributed by atoms with van der Waals surface area (Å²) in [6.45, 7) is 0.984. The van der Waals surface area contributed by atoms with Gasteiger partial charge in [-0.2, -0.15) is 0 Å². The van der Waals surface area contributed by atoms with Gasteiger partial charge in [0.2, 0.25) is 0 Å². The number of aliphatic carboxylic acids is 2. The fourth-order valence-corrected chi connectivity index (χ4v) is 4.03. The lowest BCUT2D eigenvalue weighted by Gasteiger charge is -2.13. The number of carboxylic acid groups (broad SMARTS) is 2. The van der Waals surface area contributed by atoms with Gasteiger partial charge < -0.3 is 15.5 Å². The fraction of sp³-hybridized carbons (Fsp3) is 0.421. The summed E-state index contributed by atoms with van der Waals surface area (Å²) in [6, 6.07) is 9.66. The van der Waals surface area contributed by atoms with Crippen LogP contribution in [0.15, 0.2) is 41.4 Å². The summed E-state index contributed by atoms with van der Waals surface area (Å²) in [6.07, 6.45) is 7.00. The van der Waals surface area contributed by atoms with Crippen LogP contribution in [0.1, 0.15) is 29.9 Å². The van der Waals surface area contributed by atoms with E-state index in [1.807, 2.05) is 6.34 Å². The van der Waals surface area contributed by atoms with Gasteiger partial charge in [-0.3, -0.25) is 4.99 Å². The Morgan fingerprint density at radius 3 is 2.56 bits per heavy atom. The van der Waals surface area contributed by atoms with Gasteiger partial charge in [0.15, 0.2) is 0 Å². The Bertz CT molecular complexity index is 689. The van der Waals surface area contributed by atoms with Crippen LogP contribution in [0.4, 0.5) is 0 Å². The predicted octanol–water partition coefficient (Wildman–Crippen LogP) is 2.06. The molecule has 1 aromatic rings. The molecule has 132 valence electrons. The highest BCUT2D eigenvalue weighted by Crippen LogP contribution is 2.61. The second-order valence-electron chi connectivity index (χ2n) is 6.69. The minimum Gasteiger partial charge on any atom is -0.478 e. The number of aryl methyl sites for hydroxylation is 1. The van der Waals surface area contributed by atoms with E-state index in [9.17, 15) is 9.59 Å². The standard InChI is InChI=1S/C15H18N2.C4H4O4/c1-2-4-12-10(3-1)5-6-13-14(15(12)13)7-11-8-16-9-17-11;5-3(6)1-2-4(7)8/h1-4,9,11,13-15H,5-8H2,(H,16,17);1-2H,(H,5,6)(H,7,8)/b;2-1+/t11-,13-,14?,15-;/m0./s1. The van der Waals surface area contributed by atoms with E-state index >= 15 is 0 Å².